The molecule has 26 heavy (non-hydrogen) atoms. The quantitative estimate of drug-likeness (QED) is 0.670. The van der Waals surface area contributed by atoms with E-state index in [1.54, 1.807) is 0 Å². The molecule has 1 aliphatic carbocycles. The van der Waals surface area contributed by atoms with Gasteiger partial charge in [0.2, 0.25) is 12.1 Å². The summed E-state index contributed by atoms with van der Waals surface area (Å²) in [7, 11) is 0. The largest absolute Gasteiger partial charge is 0.466 e. The van der Waals surface area contributed by atoms with Crippen LogP contribution >= 0.6 is 0 Å². The summed E-state index contributed by atoms with van der Waals surface area (Å²) in [4.78, 5) is 12.0. The van der Waals surface area contributed by atoms with Gasteiger partial charge >= 0.3 is 0 Å². The lowest BCUT2D eigenvalue weighted by atomic mass is 9.58. The Morgan fingerprint density at radius 1 is 1.00 bits per heavy atom. The van der Waals surface area contributed by atoms with Crippen LogP contribution < -0.4 is 0 Å². The predicted molar refractivity (Wildman–Crippen MR) is 97.5 cm³/mol. The van der Waals surface area contributed by atoms with E-state index >= 15 is 0 Å². The summed E-state index contributed by atoms with van der Waals surface area (Å²) in [5, 5.41) is 0. The maximum atomic E-state index is 6.50. The highest BCUT2D eigenvalue weighted by Crippen LogP contribution is 2.61. The number of fused-ring (bicyclic) bond motifs is 2. The summed E-state index contributed by atoms with van der Waals surface area (Å²) < 4.78 is 12.9. The van der Waals surface area contributed by atoms with Gasteiger partial charge in [-0.15, -0.1) is 0 Å². The lowest BCUT2D eigenvalue weighted by molar-refractivity contribution is -0.562. The Balaban J connectivity index is 1.58. The molecule has 1 aromatic carbocycles. The summed E-state index contributed by atoms with van der Waals surface area (Å²) in [6, 6.07) is 10.4. The first kappa shape index (κ1) is 16.8. The molecule has 4 aliphatic heterocycles. The first-order valence-corrected chi connectivity index (χ1v) is 10.00. The first-order valence-electron chi connectivity index (χ1n) is 10.00. The van der Waals surface area contributed by atoms with Gasteiger partial charge in [-0.25, -0.2) is 9.78 Å². The van der Waals surface area contributed by atoms with Gasteiger partial charge in [0.1, 0.15) is 5.76 Å². The van der Waals surface area contributed by atoms with Gasteiger partial charge in [0.15, 0.2) is 5.60 Å². The molecule has 5 aliphatic rings. The highest BCUT2D eigenvalue weighted by molar-refractivity contribution is 5.52. The van der Waals surface area contributed by atoms with E-state index in [2.05, 4.69) is 44.2 Å². The average Bonchev–Trinajstić information content (AvgIpc) is 2.86. The van der Waals surface area contributed by atoms with E-state index in [1.165, 1.54) is 6.42 Å². The fraction of sp³-hybridized carbons (Fsp3) is 0.636. The lowest BCUT2D eigenvalue weighted by Gasteiger charge is -2.59. The molecule has 1 saturated carbocycles. The predicted octanol–water partition coefficient (Wildman–Crippen LogP) is 4.91. The van der Waals surface area contributed by atoms with Crippen LogP contribution in [0.3, 0.4) is 0 Å². The molecule has 1 spiro atoms. The second-order valence-electron chi connectivity index (χ2n) is 8.77. The summed E-state index contributed by atoms with van der Waals surface area (Å²) in [6.45, 7) is 6.58. The third-order valence-electron chi connectivity index (χ3n) is 7.18. The lowest BCUT2D eigenvalue weighted by Crippen LogP contribution is -2.68. The van der Waals surface area contributed by atoms with Crippen LogP contribution in [0, 0.1) is 23.7 Å². The zero-order valence-electron chi connectivity index (χ0n) is 15.8. The molecule has 1 aromatic rings. The number of ether oxygens (including phenoxy) is 2. The maximum absolute atomic E-state index is 6.50. The van der Waals surface area contributed by atoms with E-state index < -0.39 is 17.7 Å². The number of benzene rings is 1. The van der Waals surface area contributed by atoms with Gasteiger partial charge in [-0.05, 0) is 43.7 Å². The van der Waals surface area contributed by atoms with E-state index in [9.17, 15) is 0 Å². The van der Waals surface area contributed by atoms with Crippen LogP contribution in [0.4, 0.5) is 0 Å². The Labute approximate surface area is 155 Å². The minimum absolute atomic E-state index is 0.274. The Morgan fingerprint density at radius 2 is 1.81 bits per heavy atom. The average molecular weight is 356 g/mol. The molecule has 4 nitrogen and oxygen atoms in total. The van der Waals surface area contributed by atoms with Crippen LogP contribution in [0.1, 0.15) is 52.0 Å². The van der Waals surface area contributed by atoms with Crippen LogP contribution in [0.25, 0.3) is 6.08 Å². The van der Waals surface area contributed by atoms with Crippen LogP contribution in [0.5, 0.6) is 0 Å². The van der Waals surface area contributed by atoms with Crippen LogP contribution in [-0.4, -0.2) is 17.7 Å². The summed E-state index contributed by atoms with van der Waals surface area (Å²) >= 11 is 0. The first-order chi connectivity index (χ1) is 12.5. The molecular formula is C22H28O4. The van der Waals surface area contributed by atoms with E-state index in [1.807, 2.05) is 13.0 Å². The molecular weight excluding hydrogens is 328 g/mol. The minimum atomic E-state index is -0.712. The van der Waals surface area contributed by atoms with Crippen molar-refractivity contribution >= 4 is 6.08 Å². The fourth-order valence-electron chi connectivity index (χ4n) is 5.69. The molecule has 0 amide bonds. The normalized spacial score (nSPS) is 48.6. The van der Waals surface area contributed by atoms with Crippen molar-refractivity contribution in [1.29, 1.82) is 0 Å². The summed E-state index contributed by atoms with van der Waals surface area (Å²) in [5.74, 6) is 1.92. The second kappa shape index (κ2) is 5.82. The van der Waals surface area contributed by atoms with E-state index in [4.69, 9.17) is 19.2 Å². The van der Waals surface area contributed by atoms with E-state index in [0.29, 0.717) is 17.8 Å². The Morgan fingerprint density at radius 3 is 2.62 bits per heavy atom. The van der Waals surface area contributed by atoms with Crippen molar-refractivity contribution in [3.05, 3.63) is 41.7 Å². The molecule has 0 unspecified atom stereocenters. The van der Waals surface area contributed by atoms with Gasteiger partial charge in [0.25, 0.3) is 0 Å². The van der Waals surface area contributed by atoms with Gasteiger partial charge in [-0.2, -0.15) is 0 Å². The zero-order chi connectivity index (χ0) is 17.9. The van der Waals surface area contributed by atoms with Crippen molar-refractivity contribution in [3.8, 4) is 0 Å². The number of hydrogen-bond donors (Lipinski definition) is 0. The van der Waals surface area contributed by atoms with Gasteiger partial charge in [-0.1, -0.05) is 44.2 Å². The van der Waals surface area contributed by atoms with Crippen molar-refractivity contribution in [2.24, 2.45) is 23.7 Å². The summed E-state index contributed by atoms with van der Waals surface area (Å²) in [6.07, 6.45) is 6.03. The van der Waals surface area contributed by atoms with Crippen molar-refractivity contribution < 1.29 is 19.2 Å². The van der Waals surface area contributed by atoms with Gasteiger partial charge in [-0.3, -0.25) is 0 Å². The van der Waals surface area contributed by atoms with Crippen LogP contribution in [-0.2, 0) is 19.2 Å². The topological polar surface area (TPSA) is 36.9 Å². The minimum Gasteiger partial charge on any atom is -0.466 e. The van der Waals surface area contributed by atoms with Crippen molar-refractivity contribution in [2.45, 2.75) is 64.1 Å². The Hall–Kier alpha value is -1.36. The second-order valence-corrected chi connectivity index (χ2v) is 8.77. The fourth-order valence-corrected chi connectivity index (χ4v) is 5.69. The molecule has 5 fully saturated rings. The molecule has 4 saturated heterocycles. The molecule has 0 aromatic heterocycles. The monoisotopic (exact) mass is 356 g/mol. The molecule has 7 atom stereocenters. The molecule has 6 rings (SSSR count). The van der Waals surface area contributed by atoms with E-state index in [0.717, 1.165) is 30.6 Å². The summed E-state index contributed by atoms with van der Waals surface area (Å²) in [5.41, 5.74) is 0.675. The zero-order valence-corrected chi connectivity index (χ0v) is 15.8. The molecule has 4 heterocycles. The number of rotatable bonds is 1. The van der Waals surface area contributed by atoms with Crippen LogP contribution in [0.15, 0.2) is 36.1 Å². The van der Waals surface area contributed by atoms with Crippen molar-refractivity contribution in [2.75, 3.05) is 0 Å². The molecule has 2 bridgehead atoms. The third-order valence-corrected chi connectivity index (χ3v) is 7.18. The van der Waals surface area contributed by atoms with Crippen molar-refractivity contribution in [3.63, 3.8) is 0 Å². The standard InChI is InChI=1S/C22H28O4/c1-14-9-10-18-15(2)19(13-16-7-5-4-6-8-16)23-20-22(18)17(14)11-12-21(3,24-20)25-26-22/h4-8,13-15,17-18,20H,9-12H2,1-3H3/b19-13+/t14-,15-,17+,18+,20-,21+,22-/m1/s1. The smallest absolute Gasteiger partial charge is 0.235 e. The van der Waals surface area contributed by atoms with Crippen molar-refractivity contribution in [1.82, 2.24) is 0 Å². The Bertz CT molecular complexity index is 716. The van der Waals surface area contributed by atoms with Gasteiger partial charge in [0, 0.05) is 24.2 Å². The molecule has 4 heteroatoms. The maximum Gasteiger partial charge on any atom is 0.235 e. The van der Waals surface area contributed by atoms with E-state index in [-0.39, 0.29) is 5.92 Å². The van der Waals surface area contributed by atoms with Gasteiger partial charge in [0.05, 0.1) is 0 Å². The molecule has 0 N–H and O–H groups in total. The number of hydrogen-bond acceptors (Lipinski definition) is 4. The van der Waals surface area contributed by atoms with Crippen LogP contribution in [0.2, 0.25) is 0 Å². The highest BCUT2D eigenvalue weighted by Gasteiger charge is 2.69. The SMILES string of the molecule is C[C@@H]1CC[C@H]2[C@@H](C)/C(=C\c3ccccc3)O[C@@H]3O[C@]4(C)CC[C@@H]1[C@]32OO4. The highest BCUT2D eigenvalue weighted by atomic mass is 17.3. The molecule has 0 radical (unpaired) electrons. The van der Waals surface area contributed by atoms with Gasteiger partial charge < -0.3 is 9.47 Å². The molecule has 140 valence electrons. The Kier molecular flexibility index (Phi) is 3.76. The number of allylic oxidation sites excluding steroid dienone is 1. The third kappa shape index (κ3) is 2.32.